The van der Waals surface area contributed by atoms with Gasteiger partial charge in [-0.25, -0.2) is 4.39 Å². The topological polar surface area (TPSA) is 61.5 Å². The molecule has 0 aliphatic heterocycles. The number of nitrogens with zero attached hydrogens (tertiary/aromatic N) is 3. The third kappa shape index (κ3) is 5.92. The summed E-state index contributed by atoms with van der Waals surface area (Å²) in [5.41, 5.74) is 2.78. The zero-order valence-corrected chi connectivity index (χ0v) is 15.0. The summed E-state index contributed by atoms with van der Waals surface area (Å²) in [6.45, 7) is 4.21. The minimum absolute atomic E-state index is 0.251. The van der Waals surface area contributed by atoms with Crippen molar-refractivity contribution in [1.82, 2.24) is 14.7 Å². The molecule has 138 valence electrons. The number of benzene rings is 1. The van der Waals surface area contributed by atoms with Gasteiger partial charge in [-0.1, -0.05) is 13.3 Å². The molecule has 2 rings (SSSR count). The number of hydrogen-bond donors (Lipinski definition) is 2. The molecule has 6 heteroatoms. The largest absolute Gasteiger partial charge is 0.394 e. The third-order valence-electron chi connectivity index (χ3n) is 4.19. The molecular formula is C19H28FN3O2. The number of aryl methyl sites for hydroxylation is 1. The zero-order valence-electron chi connectivity index (χ0n) is 15.0. The second-order valence-corrected chi connectivity index (χ2v) is 6.49. The zero-order chi connectivity index (χ0) is 18.2. The number of halogens is 1. The summed E-state index contributed by atoms with van der Waals surface area (Å²) in [6.07, 6.45) is 3.96. The van der Waals surface area contributed by atoms with Crippen molar-refractivity contribution in [2.45, 2.75) is 45.4 Å². The lowest BCUT2D eigenvalue weighted by Crippen LogP contribution is -2.19. The van der Waals surface area contributed by atoms with Gasteiger partial charge in [-0.15, -0.1) is 0 Å². The highest BCUT2D eigenvalue weighted by Gasteiger charge is 2.14. The predicted octanol–water partition coefficient (Wildman–Crippen LogP) is 2.66. The van der Waals surface area contributed by atoms with Gasteiger partial charge in [0, 0.05) is 30.4 Å². The van der Waals surface area contributed by atoms with Gasteiger partial charge < -0.3 is 15.1 Å². The molecule has 1 aromatic heterocycles. The Balaban J connectivity index is 2.21. The first-order valence-corrected chi connectivity index (χ1v) is 8.83. The average Bonchev–Trinajstić information content (AvgIpc) is 3.01. The minimum atomic E-state index is -0.742. The Kier molecular flexibility index (Phi) is 7.55. The molecule has 2 N–H and O–H groups in total. The van der Waals surface area contributed by atoms with Crippen molar-refractivity contribution in [1.29, 1.82) is 0 Å². The molecule has 5 nitrogen and oxygen atoms in total. The van der Waals surface area contributed by atoms with E-state index in [1.807, 2.05) is 6.20 Å². The van der Waals surface area contributed by atoms with Gasteiger partial charge in [0.25, 0.3) is 0 Å². The quantitative estimate of drug-likeness (QED) is 0.692. The fourth-order valence-corrected chi connectivity index (χ4v) is 2.71. The number of hydrogen-bond acceptors (Lipinski definition) is 4. The molecule has 0 spiro atoms. The van der Waals surface area contributed by atoms with Crippen LogP contribution in [0.4, 0.5) is 4.39 Å². The summed E-state index contributed by atoms with van der Waals surface area (Å²) in [7, 11) is 2.08. The van der Waals surface area contributed by atoms with Gasteiger partial charge in [-0.2, -0.15) is 5.10 Å². The lowest BCUT2D eigenvalue weighted by atomic mass is 10.1. The molecule has 0 saturated heterocycles. The van der Waals surface area contributed by atoms with Crippen LogP contribution in [-0.4, -0.2) is 51.2 Å². The van der Waals surface area contributed by atoms with Gasteiger partial charge in [0.05, 0.1) is 18.4 Å². The van der Waals surface area contributed by atoms with E-state index < -0.39 is 6.10 Å². The highest BCUT2D eigenvalue weighted by atomic mass is 19.1. The van der Waals surface area contributed by atoms with Crippen LogP contribution in [0, 0.1) is 5.82 Å². The monoisotopic (exact) mass is 349 g/mol. The smallest absolute Gasteiger partial charge is 0.123 e. The van der Waals surface area contributed by atoms with Crippen LogP contribution < -0.4 is 0 Å². The lowest BCUT2D eigenvalue weighted by Gasteiger charge is -2.15. The van der Waals surface area contributed by atoms with E-state index in [0.29, 0.717) is 13.0 Å². The normalized spacial score (nSPS) is 12.7. The molecule has 1 atom stereocenters. The molecule has 0 amide bonds. The van der Waals surface area contributed by atoms with Crippen LogP contribution in [0.3, 0.4) is 0 Å². The number of aromatic nitrogens is 2. The van der Waals surface area contributed by atoms with Crippen LogP contribution in [0.5, 0.6) is 0 Å². The van der Waals surface area contributed by atoms with Gasteiger partial charge in [-0.05, 0) is 50.7 Å². The summed E-state index contributed by atoms with van der Waals surface area (Å²) in [4.78, 5) is 2.25. The molecular weight excluding hydrogens is 321 g/mol. The van der Waals surface area contributed by atoms with Gasteiger partial charge in [0.15, 0.2) is 0 Å². The van der Waals surface area contributed by atoms with Crippen molar-refractivity contribution >= 4 is 0 Å². The lowest BCUT2D eigenvalue weighted by molar-refractivity contribution is 0.0838. The van der Waals surface area contributed by atoms with Gasteiger partial charge in [-0.3, -0.25) is 4.68 Å². The molecule has 2 aromatic rings. The van der Waals surface area contributed by atoms with Crippen LogP contribution in [0.2, 0.25) is 0 Å². The first-order chi connectivity index (χ1) is 12.0. The first-order valence-electron chi connectivity index (χ1n) is 8.83. The SMILES string of the molecule is CCCCN(C)Cc1cn(CCC(O)CO)nc1-c1ccc(F)cc1. The molecule has 0 saturated carbocycles. The Morgan fingerprint density at radius 1 is 1.28 bits per heavy atom. The summed E-state index contributed by atoms with van der Waals surface area (Å²) in [5, 5.41) is 23.1. The average molecular weight is 349 g/mol. The van der Waals surface area contributed by atoms with Gasteiger partial charge in [0.1, 0.15) is 5.82 Å². The van der Waals surface area contributed by atoms with E-state index in [4.69, 9.17) is 5.11 Å². The molecule has 0 fully saturated rings. The minimum Gasteiger partial charge on any atom is -0.394 e. The number of rotatable bonds is 10. The Labute approximate surface area is 148 Å². The van der Waals surface area contributed by atoms with Crippen molar-refractivity contribution in [3.63, 3.8) is 0 Å². The van der Waals surface area contributed by atoms with E-state index in [-0.39, 0.29) is 12.4 Å². The Bertz CT molecular complexity index is 643. The maximum absolute atomic E-state index is 13.2. The molecule has 0 aliphatic carbocycles. The van der Waals surface area contributed by atoms with Crippen molar-refractivity contribution in [3.8, 4) is 11.3 Å². The van der Waals surface area contributed by atoms with Crippen LogP contribution in [0.15, 0.2) is 30.5 Å². The summed E-state index contributed by atoms with van der Waals surface area (Å²) in [6, 6.07) is 6.35. The van der Waals surface area contributed by atoms with E-state index in [1.54, 1.807) is 16.8 Å². The Morgan fingerprint density at radius 2 is 2.00 bits per heavy atom. The number of aliphatic hydroxyl groups is 2. The molecule has 0 aliphatic rings. The number of unbranched alkanes of at least 4 members (excludes halogenated alkanes) is 1. The molecule has 1 aromatic carbocycles. The highest BCUT2D eigenvalue weighted by molar-refractivity contribution is 5.62. The Morgan fingerprint density at radius 3 is 2.64 bits per heavy atom. The molecule has 1 heterocycles. The van der Waals surface area contributed by atoms with Crippen molar-refractivity contribution < 1.29 is 14.6 Å². The van der Waals surface area contributed by atoms with E-state index >= 15 is 0 Å². The summed E-state index contributed by atoms with van der Waals surface area (Å²) >= 11 is 0. The predicted molar refractivity (Wildman–Crippen MR) is 96.6 cm³/mol. The maximum atomic E-state index is 13.2. The second-order valence-electron chi connectivity index (χ2n) is 6.49. The summed E-state index contributed by atoms with van der Waals surface area (Å²) < 4.78 is 15.0. The van der Waals surface area contributed by atoms with Crippen molar-refractivity contribution in [2.24, 2.45) is 0 Å². The van der Waals surface area contributed by atoms with Crippen LogP contribution in [0.1, 0.15) is 31.7 Å². The van der Waals surface area contributed by atoms with Crippen LogP contribution in [-0.2, 0) is 13.1 Å². The molecule has 25 heavy (non-hydrogen) atoms. The van der Waals surface area contributed by atoms with Crippen molar-refractivity contribution in [2.75, 3.05) is 20.2 Å². The van der Waals surface area contributed by atoms with E-state index in [9.17, 15) is 9.50 Å². The van der Waals surface area contributed by atoms with E-state index in [0.717, 1.165) is 42.8 Å². The highest BCUT2D eigenvalue weighted by Crippen LogP contribution is 2.24. The van der Waals surface area contributed by atoms with Crippen LogP contribution in [0.25, 0.3) is 11.3 Å². The maximum Gasteiger partial charge on any atom is 0.123 e. The fraction of sp³-hybridized carbons (Fsp3) is 0.526. The fourth-order valence-electron chi connectivity index (χ4n) is 2.71. The van der Waals surface area contributed by atoms with E-state index in [2.05, 4.69) is 24.0 Å². The van der Waals surface area contributed by atoms with Crippen LogP contribution >= 0.6 is 0 Å². The standard InChI is InChI=1S/C19H28FN3O2/c1-3-4-10-22(2)12-16-13-23(11-9-18(25)14-24)21-19(16)15-5-7-17(20)8-6-15/h5-8,13,18,24-25H,3-4,9-12,14H2,1-2H3. The molecule has 0 radical (unpaired) electrons. The van der Waals surface area contributed by atoms with E-state index in [1.165, 1.54) is 12.1 Å². The Hall–Kier alpha value is -1.76. The van der Waals surface area contributed by atoms with Crippen molar-refractivity contribution in [3.05, 3.63) is 41.8 Å². The third-order valence-corrected chi connectivity index (χ3v) is 4.19. The summed E-state index contributed by atoms with van der Waals surface area (Å²) in [5.74, 6) is -0.268. The second kappa shape index (κ2) is 9.65. The molecule has 0 bridgehead atoms. The van der Waals surface area contributed by atoms with Gasteiger partial charge in [0.2, 0.25) is 0 Å². The number of aliphatic hydroxyl groups excluding tert-OH is 2. The molecule has 1 unspecified atom stereocenters. The van der Waals surface area contributed by atoms with Gasteiger partial charge >= 0.3 is 0 Å². The first kappa shape index (κ1) is 19.6.